The van der Waals surface area contributed by atoms with E-state index in [2.05, 4.69) is 6.92 Å². The Bertz CT molecular complexity index is 153. The summed E-state index contributed by atoms with van der Waals surface area (Å²) < 4.78 is 0. The molecule has 10 heavy (non-hydrogen) atoms. The Morgan fingerprint density at radius 2 is 2.40 bits per heavy atom. The van der Waals surface area contributed by atoms with Crippen molar-refractivity contribution >= 4 is 5.78 Å². The molecule has 58 valence electrons. The van der Waals surface area contributed by atoms with Gasteiger partial charge in [0.15, 0.2) is 0 Å². The molecule has 1 rings (SSSR count). The quantitative estimate of drug-likeness (QED) is 0.592. The molecule has 0 aliphatic heterocycles. The van der Waals surface area contributed by atoms with E-state index in [1.54, 1.807) is 0 Å². The third kappa shape index (κ3) is 1.08. The van der Waals surface area contributed by atoms with Crippen LogP contribution >= 0.6 is 0 Å². The van der Waals surface area contributed by atoms with E-state index in [9.17, 15) is 4.79 Å². The highest BCUT2D eigenvalue weighted by molar-refractivity contribution is 5.86. The summed E-state index contributed by atoms with van der Waals surface area (Å²) in [6, 6.07) is 0. The van der Waals surface area contributed by atoms with Crippen molar-refractivity contribution in [3.63, 3.8) is 0 Å². The molecule has 0 radical (unpaired) electrons. The van der Waals surface area contributed by atoms with Gasteiger partial charge in [0.05, 0.1) is 6.61 Å². The average Bonchev–Trinajstić information content (AvgIpc) is 2.09. The van der Waals surface area contributed by atoms with Crippen LogP contribution in [0.15, 0.2) is 0 Å². The highest BCUT2D eigenvalue weighted by atomic mass is 16.3. The molecule has 2 heteroatoms. The zero-order valence-corrected chi connectivity index (χ0v) is 6.55. The van der Waals surface area contributed by atoms with Crippen molar-refractivity contribution in [1.82, 2.24) is 0 Å². The summed E-state index contributed by atoms with van der Waals surface area (Å²) in [6.45, 7) is 3.91. The fourth-order valence-electron chi connectivity index (χ4n) is 1.67. The van der Waals surface area contributed by atoms with Crippen LogP contribution in [-0.4, -0.2) is 17.5 Å². The van der Waals surface area contributed by atoms with Crippen molar-refractivity contribution in [1.29, 1.82) is 0 Å². The third-order valence-corrected chi connectivity index (χ3v) is 2.35. The molecule has 1 fully saturated rings. The van der Waals surface area contributed by atoms with Gasteiger partial charge in [-0.15, -0.1) is 0 Å². The molecule has 2 nitrogen and oxygen atoms in total. The molecule has 0 aromatic heterocycles. The zero-order chi connectivity index (χ0) is 7.78. The Labute approximate surface area is 61.2 Å². The summed E-state index contributed by atoms with van der Waals surface area (Å²) in [5, 5.41) is 8.89. The highest BCUT2D eigenvalue weighted by Gasteiger charge is 2.40. The van der Waals surface area contributed by atoms with E-state index >= 15 is 0 Å². The topological polar surface area (TPSA) is 37.3 Å². The van der Waals surface area contributed by atoms with E-state index in [0.29, 0.717) is 12.3 Å². The predicted molar refractivity (Wildman–Crippen MR) is 38.6 cm³/mol. The highest BCUT2D eigenvalue weighted by Crippen LogP contribution is 2.37. The average molecular weight is 142 g/mol. The standard InChI is InChI=1S/C8H14O2/c1-6-3-7(10)8(2,4-6)5-9/h6,9H,3-5H2,1-2H3/t6-,8-/m0/s1. The maximum Gasteiger partial charge on any atom is 0.141 e. The minimum Gasteiger partial charge on any atom is -0.395 e. The van der Waals surface area contributed by atoms with Gasteiger partial charge in [-0.25, -0.2) is 0 Å². The summed E-state index contributed by atoms with van der Waals surface area (Å²) in [4.78, 5) is 11.2. The van der Waals surface area contributed by atoms with Gasteiger partial charge in [-0.3, -0.25) is 4.79 Å². The van der Waals surface area contributed by atoms with E-state index in [-0.39, 0.29) is 12.4 Å². The fraction of sp³-hybridized carbons (Fsp3) is 0.875. The maximum absolute atomic E-state index is 11.2. The van der Waals surface area contributed by atoms with Crippen LogP contribution in [-0.2, 0) is 4.79 Å². The summed E-state index contributed by atoms with van der Waals surface area (Å²) >= 11 is 0. The van der Waals surface area contributed by atoms with Crippen molar-refractivity contribution in [2.75, 3.05) is 6.61 Å². The molecule has 2 atom stereocenters. The number of rotatable bonds is 1. The Hall–Kier alpha value is -0.370. The van der Waals surface area contributed by atoms with Crippen molar-refractivity contribution in [2.24, 2.45) is 11.3 Å². The van der Waals surface area contributed by atoms with Gasteiger partial charge in [0, 0.05) is 11.8 Å². The van der Waals surface area contributed by atoms with Crippen molar-refractivity contribution in [3.8, 4) is 0 Å². The first-order valence-corrected chi connectivity index (χ1v) is 3.72. The van der Waals surface area contributed by atoms with Crippen molar-refractivity contribution in [2.45, 2.75) is 26.7 Å². The summed E-state index contributed by atoms with van der Waals surface area (Å²) in [5.74, 6) is 0.687. The number of aliphatic hydroxyl groups is 1. The number of aliphatic hydroxyl groups excluding tert-OH is 1. The second kappa shape index (κ2) is 2.35. The van der Waals surface area contributed by atoms with Crippen LogP contribution in [0.25, 0.3) is 0 Å². The van der Waals surface area contributed by atoms with Gasteiger partial charge in [0.1, 0.15) is 5.78 Å². The minimum absolute atomic E-state index is 0.0101. The molecule has 1 aliphatic carbocycles. The van der Waals surface area contributed by atoms with E-state index in [4.69, 9.17) is 5.11 Å². The summed E-state index contributed by atoms with van der Waals surface area (Å²) in [5.41, 5.74) is -0.417. The van der Waals surface area contributed by atoms with Gasteiger partial charge < -0.3 is 5.11 Å². The largest absolute Gasteiger partial charge is 0.395 e. The second-order valence-electron chi connectivity index (χ2n) is 3.66. The molecule has 0 spiro atoms. The molecule has 0 amide bonds. The van der Waals surface area contributed by atoms with Gasteiger partial charge in [-0.1, -0.05) is 13.8 Å². The number of Topliss-reactive ketones (excluding diaryl/α,β-unsaturated/α-hetero) is 1. The summed E-state index contributed by atoms with van der Waals surface area (Å²) in [7, 11) is 0. The Morgan fingerprint density at radius 1 is 1.80 bits per heavy atom. The molecular formula is C8H14O2. The van der Waals surface area contributed by atoms with Crippen LogP contribution in [0.4, 0.5) is 0 Å². The van der Waals surface area contributed by atoms with E-state index in [1.165, 1.54) is 0 Å². The van der Waals surface area contributed by atoms with Crippen molar-refractivity contribution < 1.29 is 9.90 Å². The first-order chi connectivity index (χ1) is 4.58. The lowest BCUT2D eigenvalue weighted by atomic mass is 9.88. The lowest BCUT2D eigenvalue weighted by Gasteiger charge is -2.17. The molecule has 1 N–H and O–H groups in total. The molecule has 0 aromatic carbocycles. The van der Waals surface area contributed by atoms with Crippen LogP contribution in [0.3, 0.4) is 0 Å². The monoisotopic (exact) mass is 142 g/mol. The molecule has 1 aliphatic rings. The van der Waals surface area contributed by atoms with Crippen LogP contribution in [0.5, 0.6) is 0 Å². The molecular weight excluding hydrogens is 128 g/mol. The maximum atomic E-state index is 11.2. The first kappa shape index (κ1) is 7.73. The van der Waals surface area contributed by atoms with Crippen LogP contribution in [0.2, 0.25) is 0 Å². The molecule has 0 heterocycles. The Morgan fingerprint density at radius 3 is 2.60 bits per heavy atom. The van der Waals surface area contributed by atoms with Crippen LogP contribution in [0.1, 0.15) is 26.7 Å². The summed E-state index contributed by atoms with van der Waals surface area (Å²) in [6.07, 6.45) is 1.50. The molecule has 0 unspecified atom stereocenters. The number of carbonyl (C=O) groups is 1. The lowest BCUT2D eigenvalue weighted by molar-refractivity contribution is -0.126. The van der Waals surface area contributed by atoms with Gasteiger partial charge in [-0.05, 0) is 12.3 Å². The smallest absolute Gasteiger partial charge is 0.141 e. The molecule has 0 bridgehead atoms. The van der Waals surface area contributed by atoms with E-state index < -0.39 is 5.41 Å². The molecule has 1 saturated carbocycles. The predicted octanol–water partition coefficient (Wildman–Crippen LogP) is 0.984. The van der Waals surface area contributed by atoms with Gasteiger partial charge in [0.2, 0.25) is 0 Å². The van der Waals surface area contributed by atoms with Gasteiger partial charge in [-0.2, -0.15) is 0 Å². The van der Waals surface area contributed by atoms with E-state index in [0.717, 1.165) is 6.42 Å². The van der Waals surface area contributed by atoms with Crippen molar-refractivity contribution in [3.05, 3.63) is 0 Å². The zero-order valence-electron chi connectivity index (χ0n) is 6.55. The minimum atomic E-state index is -0.417. The Kier molecular flexibility index (Phi) is 1.82. The van der Waals surface area contributed by atoms with Gasteiger partial charge in [0.25, 0.3) is 0 Å². The van der Waals surface area contributed by atoms with Crippen LogP contribution < -0.4 is 0 Å². The molecule has 0 saturated heterocycles. The fourth-order valence-corrected chi connectivity index (χ4v) is 1.67. The molecule has 0 aromatic rings. The first-order valence-electron chi connectivity index (χ1n) is 3.72. The number of hydrogen-bond donors (Lipinski definition) is 1. The second-order valence-corrected chi connectivity index (χ2v) is 3.66. The van der Waals surface area contributed by atoms with Gasteiger partial charge >= 0.3 is 0 Å². The third-order valence-electron chi connectivity index (χ3n) is 2.35. The van der Waals surface area contributed by atoms with E-state index in [1.807, 2.05) is 6.92 Å². The lowest BCUT2D eigenvalue weighted by Crippen LogP contribution is -2.25. The Balaban J connectivity index is 2.70. The SMILES string of the molecule is C[C@H]1CC(=O)[C@](C)(CO)C1. The normalized spacial score (nSPS) is 40.7. The number of ketones is 1. The number of carbonyl (C=O) groups excluding carboxylic acids is 1. The van der Waals surface area contributed by atoms with Crippen LogP contribution in [0, 0.1) is 11.3 Å². The number of hydrogen-bond acceptors (Lipinski definition) is 2.